The van der Waals surface area contributed by atoms with Crippen molar-refractivity contribution >= 4 is 23.7 Å². The summed E-state index contributed by atoms with van der Waals surface area (Å²) in [6, 6.07) is 4.25. The fraction of sp³-hybridized carbons (Fsp3) is 0.471. The van der Waals surface area contributed by atoms with Gasteiger partial charge in [0.25, 0.3) is 0 Å². The molecule has 1 aromatic rings. The number of aromatic nitrogens is 1. The Bertz CT molecular complexity index is 751. The first kappa shape index (κ1) is 17.7. The van der Waals surface area contributed by atoms with Gasteiger partial charge in [-0.05, 0) is 31.4 Å². The van der Waals surface area contributed by atoms with Crippen LogP contribution in [0.4, 0.5) is 10.6 Å². The topological polar surface area (TPSA) is 127 Å². The zero-order valence-electron chi connectivity index (χ0n) is 14.2. The largest absolute Gasteiger partial charge is 0.355 e. The molecule has 0 aliphatic carbocycles. The molecule has 26 heavy (non-hydrogen) atoms. The van der Waals surface area contributed by atoms with Crippen molar-refractivity contribution < 1.29 is 14.4 Å². The average molecular weight is 356 g/mol. The molecule has 2 aliphatic rings. The normalized spacial score (nSPS) is 21.2. The van der Waals surface area contributed by atoms with E-state index < -0.39 is 12.1 Å². The number of imide groups is 1. The second-order valence-corrected chi connectivity index (χ2v) is 6.37. The van der Waals surface area contributed by atoms with E-state index >= 15 is 0 Å². The minimum absolute atomic E-state index is 0.0168. The van der Waals surface area contributed by atoms with Crippen molar-refractivity contribution in [3.8, 4) is 6.07 Å². The summed E-state index contributed by atoms with van der Waals surface area (Å²) in [5.41, 5.74) is 0.535. The molecule has 2 fully saturated rings. The number of nitrogens with zero attached hydrogens (tertiary/aromatic N) is 3. The Hall–Kier alpha value is -3.15. The number of amides is 4. The lowest BCUT2D eigenvalue weighted by Crippen LogP contribution is -2.52. The van der Waals surface area contributed by atoms with Crippen LogP contribution in [0.2, 0.25) is 0 Å². The lowest BCUT2D eigenvalue weighted by atomic mass is 10.0. The Balaban J connectivity index is 1.54. The molecule has 4 amide bonds. The highest BCUT2D eigenvalue weighted by atomic mass is 16.2. The lowest BCUT2D eigenvalue weighted by molar-refractivity contribution is -0.124. The molecule has 3 rings (SSSR count). The number of carbonyl (C=O) groups is 3. The quantitative estimate of drug-likeness (QED) is 0.701. The minimum Gasteiger partial charge on any atom is -0.355 e. The second-order valence-electron chi connectivity index (χ2n) is 6.37. The molecule has 0 aromatic carbocycles. The molecule has 136 valence electrons. The molecule has 9 heteroatoms. The Morgan fingerprint density at radius 3 is 2.81 bits per heavy atom. The van der Waals surface area contributed by atoms with Crippen LogP contribution < -0.4 is 20.9 Å². The third-order valence-electron chi connectivity index (χ3n) is 4.58. The summed E-state index contributed by atoms with van der Waals surface area (Å²) in [6.07, 6.45) is 3.50. The van der Waals surface area contributed by atoms with Gasteiger partial charge in [0.1, 0.15) is 17.9 Å². The number of rotatable bonds is 3. The van der Waals surface area contributed by atoms with Gasteiger partial charge in [-0.2, -0.15) is 5.26 Å². The third kappa shape index (κ3) is 4.08. The molecule has 2 saturated heterocycles. The standard InChI is InChI=1S/C17H20N6O3/c18-10-11-2-1-7-19-15(11)23-8-5-12(6-9-23)20-16(25)13-3-4-14(24)22-17(26)21-13/h1-2,7,12-13H,3-6,8-9H2,(H,20,25)(H2,21,22,24,26). The maximum absolute atomic E-state index is 12.4. The van der Waals surface area contributed by atoms with Crippen LogP contribution in [0.3, 0.4) is 0 Å². The van der Waals surface area contributed by atoms with Crippen LogP contribution in [0.15, 0.2) is 18.3 Å². The van der Waals surface area contributed by atoms with Gasteiger partial charge in [-0.1, -0.05) is 0 Å². The van der Waals surface area contributed by atoms with Crippen LogP contribution in [0.1, 0.15) is 31.2 Å². The molecule has 2 aliphatic heterocycles. The molecule has 0 saturated carbocycles. The number of piperidine rings is 1. The summed E-state index contributed by atoms with van der Waals surface area (Å²) in [6.45, 7) is 1.35. The van der Waals surface area contributed by atoms with Gasteiger partial charge in [0.05, 0.1) is 5.56 Å². The average Bonchev–Trinajstić information content (AvgIpc) is 2.82. The molecular weight excluding hydrogens is 336 g/mol. The van der Waals surface area contributed by atoms with Gasteiger partial charge in [-0.3, -0.25) is 14.9 Å². The molecular formula is C17H20N6O3. The van der Waals surface area contributed by atoms with E-state index in [4.69, 9.17) is 0 Å². The summed E-state index contributed by atoms with van der Waals surface area (Å²) in [4.78, 5) is 41.6. The summed E-state index contributed by atoms with van der Waals surface area (Å²) in [5.74, 6) is 0.0130. The van der Waals surface area contributed by atoms with Crippen LogP contribution >= 0.6 is 0 Å². The number of hydrogen-bond acceptors (Lipinski definition) is 6. The molecule has 0 radical (unpaired) electrons. The third-order valence-corrected chi connectivity index (χ3v) is 4.58. The van der Waals surface area contributed by atoms with Gasteiger partial charge in [-0.15, -0.1) is 0 Å². The van der Waals surface area contributed by atoms with E-state index in [0.717, 1.165) is 0 Å². The van der Waals surface area contributed by atoms with Crippen LogP contribution in [-0.2, 0) is 9.59 Å². The molecule has 3 N–H and O–H groups in total. The summed E-state index contributed by atoms with van der Waals surface area (Å²) in [5, 5.41) is 16.8. The van der Waals surface area contributed by atoms with Crippen molar-refractivity contribution in [2.24, 2.45) is 0 Å². The summed E-state index contributed by atoms with van der Waals surface area (Å²) in [7, 11) is 0. The zero-order chi connectivity index (χ0) is 18.5. The first-order chi connectivity index (χ1) is 12.6. The van der Waals surface area contributed by atoms with Crippen LogP contribution in [0.5, 0.6) is 0 Å². The van der Waals surface area contributed by atoms with E-state index in [1.165, 1.54) is 0 Å². The van der Waals surface area contributed by atoms with Gasteiger partial charge in [0.2, 0.25) is 11.8 Å². The van der Waals surface area contributed by atoms with Gasteiger partial charge in [-0.25, -0.2) is 9.78 Å². The summed E-state index contributed by atoms with van der Waals surface area (Å²) >= 11 is 0. The molecule has 0 bridgehead atoms. The maximum Gasteiger partial charge on any atom is 0.322 e. The first-order valence-electron chi connectivity index (χ1n) is 8.57. The highest BCUT2D eigenvalue weighted by Crippen LogP contribution is 2.21. The van der Waals surface area contributed by atoms with E-state index in [1.807, 2.05) is 4.90 Å². The SMILES string of the molecule is N#Cc1cccnc1N1CCC(NC(=O)C2CCC(=O)NC(=O)N2)CC1. The number of urea groups is 1. The predicted octanol–water partition coefficient (Wildman–Crippen LogP) is 0.0265. The van der Waals surface area contributed by atoms with Crippen molar-refractivity contribution in [2.45, 2.75) is 37.8 Å². The highest BCUT2D eigenvalue weighted by molar-refractivity contribution is 5.98. The monoisotopic (exact) mass is 356 g/mol. The van der Waals surface area contributed by atoms with E-state index in [0.29, 0.717) is 37.3 Å². The molecule has 1 atom stereocenters. The van der Waals surface area contributed by atoms with E-state index in [-0.39, 0.29) is 30.7 Å². The number of nitrogens with one attached hydrogen (secondary N) is 3. The van der Waals surface area contributed by atoms with Gasteiger partial charge < -0.3 is 15.5 Å². The second kappa shape index (κ2) is 7.82. The first-order valence-corrected chi connectivity index (χ1v) is 8.57. The van der Waals surface area contributed by atoms with Crippen LogP contribution in [0.25, 0.3) is 0 Å². The zero-order valence-corrected chi connectivity index (χ0v) is 14.2. The molecule has 3 heterocycles. The van der Waals surface area contributed by atoms with Crippen LogP contribution in [-0.4, -0.2) is 48.0 Å². The molecule has 9 nitrogen and oxygen atoms in total. The lowest BCUT2D eigenvalue weighted by Gasteiger charge is -2.34. The van der Waals surface area contributed by atoms with Gasteiger partial charge in [0.15, 0.2) is 0 Å². The smallest absolute Gasteiger partial charge is 0.322 e. The fourth-order valence-corrected chi connectivity index (χ4v) is 3.20. The Morgan fingerprint density at radius 2 is 2.08 bits per heavy atom. The van der Waals surface area contributed by atoms with Crippen molar-refractivity contribution in [1.82, 2.24) is 20.9 Å². The molecule has 1 aromatic heterocycles. The maximum atomic E-state index is 12.4. The van der Waals surface area contributed by atoms with E-state index in [2.05, 4.69) is 27.0 Å². The number of nitriles is 1. The number of hydrogen-bond donors (Lipinski definition) is 3. The Labute approximate surface area is 150 Å². The Morgan fingerprint density at radius 1 is 1.31 bits per heavy atom. The van der Waals surface area contributed by atoms with E-state index in [9.17, 15) is 19.6 Å². The molecule has 0 spiro atoms. The number of carbonyl (C=O) groups excluding carboxylic acids is 3. The minimum atomic E-state index is -0.708. The molecule has 1 unspecified atom stereocenters. The van der Waals surface area contributed by atoms with Crippen molar-refractivity contribution in [3.05, 3.63) is 23.9 Å². The number of pyridine rings is 1. The van der Waals surface area contributed by atoms with Crippen molar-refractivity contribution in [2.75, 3.05) is 18.0 Å². The van der Waals surface area contributed by atoms with Crippen molar-refractivity contribution in [3.63, 3.8) is 0 Å². The van der Waals surface area contributed by atoms with Crippen molar-refractivity contribution in [1.29, 1.82) is 5.26 Å². The van der Waals surface area contributed by atoms with Gasteiger partial charge >= 0.3 is 6.03 Å². The van der Waals surface area contributed by atoms with Gasteiger partial charge in [0, 0.05) is 31.7 Å². The predicted molar refractivity (Wildman–Crippen MR) is 92.0 cm³/mol. The number of anilines is 1. The highest BCUT2D eigenvalue weighted by Gasteiger charge is 2.29. The Kier molecular flexibility index (Phi) is 5.31. The van der Waals surface area contributed by atoms with E-state index in [1.54, 1.807) is 18.3 Å². The van der Waals surface area contributed by atoms with Crippen LogP contribution in [0, 0.1) is 11.3 Å². The fourth-order valence-electron chi connectivity index (χ4n) is 3.20. The summed E-state index contributed by atoms with van der Waals surface area (Å²) < 4.78 is 0.